The number of H-pyrrole nitrogens is 1. The van der Waals surface area contributed by atoms with Crippen molar-refractivity contribution in [2.24, 2.45) is 0 Å². The van der Waals surface area contributed by atoms with Crippen molar-refractivity contribution < 1.29 is 19.1 Å². The molecule has 0 spiro atoms. The zero-order valence-corrected chi connectivity index (χ0v) is 21.9. The van der Waals surface area contributed by atoms with E-state index in [1.807, 2.05) is 26.0 Å². The fourth-order valence-corrected chi connectivity index (χ4v) is 5.17. The minimum absolute atomic E-state index is 0.0754. The molecule has 0 aliphatic carbocycles. The van der Waals surface area contributed by atoms with Crippen molar-refractivity contribution in [3.8, 4) is 11.5 Å². The third-order valence-electron chi connectivity index (χ3n) is 5.59. The summed E-state index contributed by atoms with van der Waals surface area (Å²) in [7, 11) is 3.17. The summed E-state index contributed by atoms with van der Waals surface area (Å²) in [5.41, 5.74) is 1.71. The van der Waals surface area contributed by atoms with Crippen LogP contribution in [0.3, 0.4) is 0 Å². The monoisotopic (exact) mass is 526 g/mol. The molecule has 11 heteroatoms. The SMILES string of the molecule is COc1ccc(CCNC(=O)c2ccc3c(=O)[nH]c4c(C(=O)NC(C)C)sc(=S)n4c3c2)c(OC)c1. The number of ether oxygens (including phenoxy) is 2. The first-order valence-electron chi connectivity index (χ1n) is 11.2. The smallest absolute Gasteiger partial charge is 0.265 e. The van der Waals surface area contributed by atoms with E-state index >= 15 is 0 Å². The Labute approximate surface area is 216 Å². The number of amides is 2. The summed E-state index contributed by atoms with van der Waals surface area (Å²) >= 11 is 6.62. The molecule has 2 amide bonds. The van der Waals surface area contributed by atoms with Gasteiger partial charge in [-0.1, -0.05) is 17.4 Å². The Morgan fingerprint density at radius 2 is 1.89 bits per heavy atom. The van der Waals surface area contributed by atoms with Crippen LogP contribution in [0.4, 0.5) is 0 Å². The van der Waals surface area contributed by atoms with Crippen molar-refractivity contribution in [3.63, 3.8) is 0 Å². The van der Waals surface area contributed by atoms with Gasteiger partial charge in [-0.2, -0.15) is 0 Å². The minimum atomic E-state index is -0.366. The molecular formula is C25H26N4O5S2. The van der Waals surface area contributed by atoms with Crippen molar-refractivity contribution in [2.75, 3.05) is 20.8 Å². The van der Waals surface area contributed by atoms with Crippen LogP contribution in [-0.2, 0) is 6.42 Å². The first kappa shape index (κ1) is 25.4. The number of carbonyl (C=O) groups excluding carboxylic acids is 2. The number of hydrogen-bond acceptors (Lipinski definition) is 7. The van der Waals surface area contributed by atoms with Gasteiger partial charge in [0.2, 0.25) is 0 Å². The van der Waals surface area contributed by atoms with Crippen LogP contribution in [-0.4, -0.2) is 48.0 Å². The summed E-state index contributed by atoms with van der Waals surface area (Å²) < 4.78 is 12.7. The zero-order valence-electron chi connectivity index (χ0n) is 20.3. The molecule has 0 saturated heterocycles. The number of nitrogens with one attached hydrogen (secondary N) is 3. The van der Waals surface area contributed by atoms with E-state index in [1.54, 1.807) is 42.9 Å². The molecule has 3 N–H and O–H groups in total. The minimum Gasteiger partial charge on any atom is -0.497 e. The Hall–Kier alpha value is -3.70. The fraction of sp³-hybridized carbons (Fsp3) is 0.280. The first-order valence-corrected chi connectivity index (χ1v) is 12.5. The summed E-state index contributed by atoms with van der Waals surface area (Å²) in [5.74, 6) is 0.757. The van der Waals surface area contributed by atoms with Crippen molar-refractivity contribution in [3.05, 3.63) is 66.7 Å². The highest BCUT2D eigenvalue weighted by Gasteiger charge is 2.19. The maximum absolute atomic E-state index is 12.9. The Kier molecular flexibility index (Phi) is 7.41. The standard InChI is InChI=1S/C25H26N4O5S2/c1-13(2)27-24(32)20-21-28-23(31)17-8-6-15(11-18(17)29(21)25(35)36-20)22(30)26-10-9-14-5-7-16(33-3)12-19(14)34-4/h5-8,11-13H,9-10H2,1-4H3,(H,26,30)(H,27,32)(H,28,31). The maximum Gasteiger partial charge on any atom is 0.265 e. The number of aromatic nitrogens is 2. The lowest BCUT2D eigenvalue weighted by molar-refractivity contribution is 0.0942. The highest BCUT2D eigenvalue weighted by molar-refractivity contribution is 7.73. The molecule has 2 aromatic carbocycles. The van der Waals surface area contributed by atoms with Gasteiger partial charge in [-0.15, -0.1) is 0 Å². The molecule has 2 heterocycles. The predicted molar refractivity (Wildman–Crippen MR) is 142 cm³/mol. The van der Waals surface area contributed by atoms with Gasteiger partial charge >= 0.3 is 0 Å². The second-order valence-electron chi connectivity index (χ2n) is 8.38. The third kappa shape index (κ3) is 4.98. The van der Waals surface area contributed by atoms with Crippen LogP contribution in [0.25, 0.3) is 16.6 Å². The third-order valence-corrected chi connectivity index (χ3v) is 6.96. The number of hydrogen-bond donors (Lipinski definition) is 3. The van der Waals surface area contributed by atoms with E-state index in [0.29, 0.717) is 55.4 Å². The quantitative estimate of drug-likeness (QED) is 0.302. The number of benzene rings is 2. The number of fused-ring (bicyclic) bond motifs is 3. The summed E-state index contributed by atoms with van der Waals surface area (Å²) in [5, 5.41) is 6.10. The van der Waals surface area contributed by atoms with E-state index in [2.05, 4.69) is 15.6 Å². The Morgan fingerprint density at radius 3 is 2.58 bits per heavy atom. The molecule has 0 bridgehead atoms. The van der Waals surface area contributed by atoms with Crippen LogP contribution in [0.1, 0.15) is 39.4 Å². The number of rotatable bonds is 8. The molecule has 0 saturated carbocycles. The van der Waals surface area contributed by atoms with Gasteiger partial charge in [-0.3, -0.25) is 18.8 Å². The molecule has 4 rings (SSSR count). The number of methoxy groups -OCH3 is 2. The second-order valence-corrected chi connectivity index (χ2v) is 10.0. The maximum atomic E-state index is 12.9. The molecule has 0 unspecified atom stereocenters. The van der Waals surface area contributed by atoms with Crippen molar-refractivity contribution >= 4 is 51.9 Å². The number of thiazole rings is 1. The highest BCUT2D eigenvalue weighted by Crippen LogP contribution is 2.25. The molecule has 36 heavy (non-hydrogen) atoms. The molecule has 2 aromatic heterocycles. The topological polar surface area (TPSA) is 114 Å². The van der Waals surface area contributed by atoms with Gasteiger partial charge in [0.05, 0.1) is 25.1 Å². The molecule has 0 radical (unpaired) electrons. The summed E-state index contributed by atoms with van der Waals surface area (Å²) in [6.07, 6.45) is 0.556. The van der Waals surface area contributed by atoms with E-state index in [9.17, 15) is 14.4 Å². The Morgan fingerprint density at radius 1 is 1.11 bits per heavy atom. The van der Waals surface area contributed by atoms with Crippen molar-refractivity contribution in [1.82, 2.24) is 20.0 Å². The van der Waals surface area contributed by atoms with Crippen LogP contribution in [0.2, 0.25) is 0 Å². The van der Waals surface area contributed by atoms with Crippen molar-refractivity contribution in [2.45, 2.75) is 26.3 Å². The summed E-state index contributed by atoms with van der Waals surface area (Å²) in [4.78, 5) is 41.4. The summed E-state index contributed by atoms with van der Waals surface area (Å²) in [6.45, 7) is 4.08. The highest BCUT2D eigenvalue weighted by atomic mass is 32.1. The number of carbonyl (C=O) groups is 2. The summed E-state index contributed by atoms with van der Waals surface area (Å²) in [6, 6.07) is 10.3. The number of aromatic amines is 1. The van der Waals surface area contributed by atoms with Crippen LogP contribution in [0.5, 0.6) is 11.5 Å². The van der Waals surface area contributed by atoms with Crippen molar-refractivity contribution in [1.29, 1.82) is 0 Å². The molecule has 4 aromatic rings. The van der Waals surface area contributed by atoms with Gasteiger partial charge in [0.25, 0.3) is 17.4 Å². The largest absolute Gasteiger partial charge is 0.497 e. The van der Waals surface area contributed by atoms with Crippen LogP contribution in [0.15, 0.2) is 41.2 Å². The molecular weight excluding hydrogens is 500 g/mol. The van der Waals surface area contributed by atoms with E-state index < -0.39 is 0 Å². The molecule has 0 aliphatic rings. The lowest BCUT2D eigenvalue weighted by Gasteiger charge is -2.11. The predicted octanol–water partition coefficient (Wildman–Crippen LogP) is 3.70. The van der Waals surface area contributed by atoms with Gasteiger partial charge in [-0.25, -0.2) is 0 Å². The van der Waals surface area contributed by atoms with Crippen LogP contribution >= 0.6 is 23.6 Å². The van der Waals surface area contributed by atoms with Crippen LogP contribution < -0.4 is 25.7 Å². The van der Waals surface area contributed by atoms with Gasteiger partial charge in [0, 0.05) is 24.2 Å². The van der Waals surface area contributed by atoms with E-state index in [1.165, 1.54) is 0 Å². The lowest BCUT2D eigenvalue weighted by Crippen LogP contribution is -2.30. The average molecular weight is 527 g/mol. The van der Waals surface area contributed by atoms with Gasteiger partial charge in [0.1, 0.15) is 22.0 Å². The lowest BCUT2D eigenvalue weighted by atomic mass is 10.1. The molecule has 0 aliphatic heterocycles. The average Bonchev–Trinajstić information content (AvgIpc) is 3.19. The van der Waals surface area contributed by atoms with Gasteiger partial charge < -0.3 is 25.1 Å². The van der Waals surface area contributed by atoms with Gasteiger partial charge in [0.15, 0.2) is 3.95 Å². The molecule has 0 atom stereocenters. The van der Waals surface area contributed by atoms with E-state index in [4.69, 9.17) is 21.7 Å². The Bertz CT molecular complexity index is 1590. The van der Waals surface area contributed by atoms with Gasteiger partial charge in [-0.05, 0) is 62.3 Å². The normalized spacial score (nSPS) is 11.1. The zero-order chi connectivity index (χ0) is 26.0. The fourth-order valence-electron chi connectivity index (χ4n) is 3.88. The first-order chi connectivity index (χ1) is 17.2. The Balaban J connectivity index is 1.62. The number of nitrogens with zero attached hydrogens (tertiary/aromatic N) is 1. The second kappa shape index (κ2) is 10.5. The van der Waals surface area contributed by atoms with Crippen LogP contribution in [0, 0.1) is 3.95 Å². The molecule has 9 nitrogen and oxygen atoms in total. The molecule has 188 valence electrons. The molecule has 0 fully saturated rings. The van der Waals surface area contributed by atoms with E-state index in [-0.39, 0.29) is 23.4 Å². The van der Waals surface area contributed by atoms with E-state index in [0.717, 1.165) is 16.9 Å².